The maximum Gasteiger partial charge on any atom is 0.335 e. The van der Waals surface area contributed by atoms with E-state index in [2.05, 4.69) is 0 Å². The summed E-state index contributed by atoms with van der Waals surface area (Å²) in [5.74, 6) is -0.879. The Labute approximate surface area is 108 Å². The van der Waals surface area contributed by atoms with Gasteiger partial charge in [0.25, 0.3) is 0 Å². The number of aryl methyl sites for hydroxylation is 1. The molecule has 0 fully saturated rings. The van der Waals surface area contributed by atoms with Crippen LogP contribution >= 0.6 is 0 Å². The second-order valence-electron chi connectivity index (χ2n) is 4.95. The summed E-state index contributed by atoms with van der Waals surface area (Å²) in [7, 11) is 0. The number of hydrogen-bond acceptors (Lipinski definition) is 2. The minimum atomic E-state index is -0.879. The smallest absolute Gasteiger partial charge is 0.335 e. The van der Waals surface area contributed by atoms with Gasteiger partial charge in [-0.2, -0.15) is 0 Å². The lowest BCUT2D eigenvalue weighted by Gasteiger charge is -2.22. The first kappa shape index (κ1) is 14.7. The molecule has 1 aromatic rings. The third kappa shape index (κ3) is 3.57. The van der Waals surface area contributed by atoms with Crippen LogP contribution < -0.4 is 0 Å². The van der Waals surface area contributed by atoms with Crippen LogP contribution in [-0.4, -0.2) is 21.8 Å². The molecule has 0 radical (unpaired) electrons. The van der Waals surface area contributed by atoms with E-state index in [0.29, 0.717) is 31.2 Å². The Morgan fingerprint density at radius 2 is 2.00 bits per heavy atom. The van der Waals surface area contributed by atoms with E-state index in [1.807, 2.05) is 26.8 Å². The number of carboxylic acids is 1. The van der Waals surface area contributed by atoms with Gasteiger partial charge in [0.15, 0.2) is 0 Å². The van der Waals surface area contributed by atoms with Gasteiger partial charge in [0.1, 0.15) is 0 Å². The van der Waals surface area contributed by atoms with Crippen LogP contribution in [-0.2, 0) is 12.8 Å². The minimum absolute atomic E-state index is 0.381. The Morgan fingerprint density at radius 1 is 1.33 bits per heavy atom. The van der Waals surface area contributed by atoms with Gasteiger partial charge in [-0.3, -0.25) is 0 Å². The van der Waals surface area contributed by atoms with Crippen molar-refractivity contribution in [2.75, 3.05) is 0 Å². The first-order valence-electron chi connectivity index (χ1n) is 6.47. The Morgan fingerprint density at radius 3 is 2.50 bits per heavy atom. The molecule has 3 heteroatoms. The summed E-state index contributed by atoms with van der Waals surface area (Å²) in [5, 5.41) is 19.2. The van der Waals surface area contributed by atoms with E-state index in [-0.39, 0.29) is 0 Å². The molecule has 0 saturated heterocycles. The predicted octanol–water partition coefficient (Wildman–Crippen LogP) is 3.04. The molecule has 3 nitrogen and oxygen atoms in total. The van der Waals surface area contributed by atoms with Gasteiger partial charge < -0.3 is 10.2 Å². The van der Waals surface area contributed by atoms with Crippen LogP contribution in [0.25, 0.3) is 0 Å². The summed E-state index contributed by atoms with van der Waals surface area (Å²) in [6.45, 7) is 5.73. The molecule has 0 heterocycles. The molecule has 2 N–H and O–H groups in total. The summed E-state index contributed by atoms with van der Waals surface area (Å²) in [6.07, 6.45) is 2.77. The van der Waals surface area contributed by atoms with Gasteiger partial charge >= 0.3 is 5.97 Å². The van der Waals surface area contributed by atoms with E-state index in [9.17, 15) is 9.90 Å². The number of carboxylic acid groups (broad SMARTS) is 1. The molecular formula is C15H22O3. The molecule has 1 unspecified atom stereocenters. The van der Waals surface area contributed by atoms with Crippen LogP contribution in [0.2, 0.25) is 0 Å². The van der Waals surface area contributed by atoms with Crippen molar-refractivity contribution in [2.45, 2.75) is 52.1 Å². The number of hydrogen-bond donors (Lipinski definition) is 2. The molecule has 100 valence electrons. The number of benzene rings is 1. The summed E-state index contributed by atoms with van der Waals surface area (Å²) in [4.78, 5) is 11.1. The van der Waals surface area contributed by atoms with Gasteiger partial charge in [0, 0.05) is 0 Å². The van der Waals surface area contributed by atoms with Crippen molar-refractivity contribution in [3.8, 4) is 0 Å². The first-order chi connectivity index (χ1) is 8.41. The molecule has 0 spiro atoms. The fraction of sp³-hybridized carbons (Fsp3) is 0.533. The third-order valence-corrected chi connectivity index (χ3v) is 3.55. The second-order valence-corrected chi connectivity index (χ2v) is 4.95. The summed E-state index contributed by atoms with van der Waals surface area (Å²) >= 11 is 0. The Bertz CT molecular complexity index is 422. The van der Waals surface area contributed by atoms with Crippen LogP contribution in [0.5, 0.6) is 0 Å². The second kappa shape index (κ2) is 6.01. The maximum atomic E-state index is 11.1. The highest BCUT2D eigenvalue weighted by atomic mass is 16.4. The van der Waals surface area contributed by atoms with Crippen molar-refractivity contribution in [3.05, 3.63) is 34.9 Å². The zero-order valence-corrected chi connectivity index (χ0v) is 11.4. The largest absolute Gasteiger partial charge is 0.478 e. The topological polar surface area (TPSA) is 57.5 Å². The molecule has 1 rings (SSSR count). The van der Waals surface area contributed by atoms with Crippen molar-refractivity contribution in [1.82, 2.24) is 0 Å². The fourth-order valence-electron chi connectivity index (χ4n) is 2.07. The molecule has 1 aromatic carbocycles. The first-order valence-corrected chi connectivity index (χ1v) is 6.47. The van der Waals surface area contributed by atoms with Crippen LogP contribution in [0.1, 0.15) is 55.1 Å². The molecule has 0 bridgehead atoms. The van der Waals surface area contributed by atoms with Crippen LogP contribution in [0.3, 0.4) is 0 Å². The van der Waals surface area contributed by atoms with Crippen LogP contribution in [0.15, 0.2) is 18.2 Å². The van der Waals surface area contributed by atoms with Gasteiger partial charge in [-0.15, -0.1) is 0 Å². The predicted molar refractivity (Wildman–Crippen MR) is 72.0 cm³/mol. The highest BCUT2D eigenvalue weighted by Crippen LogP contribution is 2.22. The zero-order chi connectivity index (χ0) is 13.8. The van der Waals surface area contributed by atoms with Gasteiger partial charge in [-0.25, -0.2) is 4.79 Å². The highest BCUT2D eigenvalue weighted by molar-refractivity contribution is 5.89. The standard InChI is InChI=1S/C15H22O3/c1-4-12-11(9-10-15(3,18)5-2)7-6-8-13(12)14(16)17/h6-8,18H,4-5,9-10H2,1-3H3,(H,16,17). The van der Waals surface area contributed by atoms with Gasteiger partial charge in [-0.1, -0.05) is 26.0 Å². The minimum Gasteiger partial charge on any atom is -0.478 e. The van der Waals surface area contributed by atoms with Crippen LogP contribution in [0.4, 0.5) is 0 Å². The zero-order valence-electron chi connectivity index (χ0n) is 11.4. The van der Waals surface area contributed by atoms with E-state index in [1.165, 1.54) is 0 Å². The van der Waals surface area contributed by atoms with Crippen molar-refractivity contribution < 1.29 is 15.0 Å². The van der Waals surface area contributed by atoms with Gasteiger partial charge in [0.2, 0.25) is 0 Å². The van der Waals surface area contributed by atoms with Crippen molar-refractivity contribution in [1.29, 1.82) is 0 Å². The summed E-state index contributed by atoms with van der Waals surface area (Å²) in [6, 6.07) is 5.37. The number of aliphatic hydroxyl groups is 1. The van der Waals surface area contributed by atoms with E-state index in [0.717, 1.165) is 11.1 Å². The lowest BCUT2D eigenvalue weighted by molar-refractivity contribution is 0.0473. The molecular weight excluding hydrogens is 228 g/mol. The average Bonchev–Trinajstić information content (AvgIpc) is 2.35. The molecule has 0 aliphatic rings. The summed E-state index contributed by atoms with van der Waals surface area (Å²) in [5.41, 5.74) is 1.62. The third-order valence-electron chi connectivity index (χ3n) is 3.55. The number of carbonyl (C=O) groups is 1. The molecule has 0 saturated carbocycles. The van der Waals surface area contributed by atoms with Crippen molar-refractivity contribution in [3.63, 3.8) is 0 Å². The van der Waals surface area contributed by atoms with E-state index in [4.69, 9.17) is 5.11 Å². The lowest BCUT2D eigenvalue weighted by Crippen LogP contribution is -2.23. The molecule has 0 amide bonds. The molecule has 0 aromatic heterocycles. The lowest BCUT2D eigenvalue weighted by atomic mass is 9.90. The van der Waals surface area contributed by atoms with Crippen molar-refractivity contribution >= 4 is 5.97 Å². The molecule has 18 heavy (non-hydrogen) atoms. The van der Waals surface area contributed by atoms with Gasteiger partial charge in [-0.05, 0) is 49.8 Å². The number of aromatic carboxylic acids is 1. The summed E-state index contributed by atoms with van der Waals surface area (Å²) < 4.78 is 0. The monoisotopic (exact) mass is 250 g/mol. The maximum absolute atomic E-state index is 11.1. The van der Waals surface area contributed by atoms with Crippen molar-refractivity contribution in [2.24, 2.45) is 0 Å². The normalized spacial score (nSPS) is 14.2. The fourth-order valence-corrected chi connectivity index (χ4v) is 2.07. The molecule has 1 atom stereocenters. The number of rotatable bonds is 6. The Kier molecular flexibility index (Phi) is 4.91. The van der Waals surface area contributed by atoms with Crippen LogP contribution in [0, 0.1) is 0 Å². The van der Waals surface area contributed by atoms with E-state index < -0.39 is 11.6 Å². The average molecular weight is 250 g/mol. The molecule has 0 aliphatic carbocycles. The van der Waals surface area contributed by atoms with E-state index >= 15 is 0 Å². The Hall–Kier alpha value is -1.35. The van der Waals surface area contributed by atoms with E-state index in [1.54, 1.807) is 12.1 Å². The van der Waals surface area contributed by atoms with Gasteiger partial charge in [0.05, 0.1) is 11.2 Å². The highest BCUT2D eigenvalue weighted by Gasteiger charge is 2.19. The Balaban J connectivity index is 2.96. The quantitative estimate of drug-likeness (QED) is 0.816. The molecule has 0 aliphatic heterocycles. The SMILES string of the molecule is CCc1c(CCC(C)(O)CC)cccc1C(=O)O.